The van der Waals surface area contributed by atoms with Crippen molar-refractivity contribution in [3.05, 3.63) is 60.9 Å². The summed E-state index contributed by atoms with van der Waals surface area (Å²) in [6.45, 7) is 2.92. The molecule has 18 heavy (non-hydrogen) atoms. The summed E-state index contributed by atoms with van der Waals surface area (Å²) in [4.78, 5) is 0. The van der Waals surface area contributed by atoms with Crippen molar-refractivity contribution in [2.45, 2.75) is 13.5 Å². The Balaban J connectivity index is 2.09. The molecule has 0 radical (unpaired) electrons. The maximum atomic E-state index is 3.52. The van der Waals surface area contributed by atoms with Crippen molar-refractivity contribution in [1.82, 2.24) is 0 Å². The van der Waals surface area contributed by atoms with Crippen LogP contribution in [-0.4, -0.2) is 0 Å². The van der Waals surface area contributed by atoms with Crippen molar-refractivity contribution in [2.75, 3.05) is 5.32 Å². The molecule has 0 saturated carbocycles. The number of anilines is 1. The molecular weight excluding hydrogens is 422 g/mol. The normalized spacial score (nSPS) is 10.4. The Bertz CT molecular complexity index is 567. The molecule has 0 aromatic heterocycles. The summed E-state index contributed by atoms with van der Waals surface area (Å²) in [7, 11) is 0. The van der Waals surface area contributed by atoms with E-state index >= 15 is 0 Å². The van der Waals surface area contributed by atoms with Gasteiger partial charge in [-0.25, -0.2) is 0 Å². The minimum Gasteiger partial charge on any atom is -0.381 e. The lowest BCUT2D eigenvalue weighted by Gasteiger charge is -2.10. The molecule has 94 valence electrons. The Morgan fingerprint density at radius 2 is 1.72 bits per heavy atom. The lowest BCUT2D eigenvalue weighted by molar-refractivity contribution is 1.13. The van der Waals surface area contributed by atoms with Crippen LogP contribution in [0.4, 0.5) is 5.69 Å². The monoisotopic (exact) mass is 431 g/mol. The molecule has 4 heteroatoms. The van der Waals surface area contributed by atoms with Crippen LogP contribution in [0.2, 0.25) is 0 Å². The third-order valence-corrected chi connectivity index (χ3v) is 5.03. The fraction of sp³-hybridized carbons (Fsp3) is 0.143. The lowest BCUT2D eigenvalue weighted by Crippen LogP contribution is -2.01. The van der Waals surface area contributed by atoms with E-state index in [2.05, 4.69) is 90.4 Å². The molecular formula is C14H12Br3N. The van der Waals surface area contributed by atoms with Crippen molar-refractivity contribution in [2.24, 2.45) is 0 Å². The highest BCUT2D eigenvalue weighted by Gasteiger charge is 2.01. The average molecular weight is 434 g/mol. The van der Waals surface area contributed by atoms with Gasteiger partial charge in [0.2, 0.25) is 0 Å². The van der Waals surface area contributed by atoms with E-state index < -0.39 is 0 Å². The predicted octanol–water partition coefficient (Wildman–Crippen LogP) is 5.89. The number of hydrogen-bond donors (Lipinski definition) is 1. The zero-order valence-electron chi connectivity index (χ0n) is 9.81. The van der Waals surface area contributed by atoms with Crippen LogP contribution in [0.5, 0.6) is 0 Å². The molecule has 2 rings (SSSR count). The van der Waals surface area contributed by atoms with Crippen LogP contribution in [0.1, 0.15) is 11.1 Å². The molecule has 0 fully saturated rings. The van der Waals surface area contributed by atoms with E-state index in [0.29, 0.717) is 0 Å². The molecule has 0 saturated heterocycles. The van der Waals surface area contributed by atoms with E-state index in [4.69, 9.17) is 0 Å². The van der Waals surface area contributed by atoms with Crippen LogP contribution in [0.15, 0.2) is 49.8 Å². The standard InChI is InChI=1S/C14H12Br3N/c1-9-6-11(15)3-5-14(9)18-8-10-2-4-12(16)13(17)7-10/h2-7,18H,8H2,1H3. The van der Waals surface area contributed by atoms with Crippen LogP contribution >= 0.6 is 47.8 Å². The van der Waals surface area contributed by atoms with E-state index in [9.17, 15) is 0 Å². The highest BCUT2D eigenvalue weighted by molar-refractivity contribution is 9.13. The van der Waals surface area contributed by atoms with Gasteiger partial charge in [-0.1, -0.05) is 22.0 Å². The molecule has 0 heterocycles. The summed E-state index contributed by atoms with van der Waals surface area (Å²) in [5, 5.41) is 3.45. The highest BCUT2D eigenvalue weighted by atomic mass is 79.9. The maximum Gasteiger partial charge on any atom is 0.0401 e. The molecule has 0 aliphatic heterocycles. The zero-order chi connectivity index (χ0) is 13.1. The molecule has 0 amide bonds. The summed E-state index contributed by atoms with van der Waals surface area (Å²) in [6.07, 6.45) is 0. The average Bonchev–Trinajstić information content (AvgIpc) is 2.32. The first-order valence-electron chi connectivity index (χ1n) is 5.50. The smallest absolute Gasteiger partial charge is 0.0401 e. The highest BCUT2D eigenvalue weighted by Crippen LogP contribution is 2.25. The van der Waals surface area contributed by atoms with Crippen LogP contribution < -0.4 is 5.32 Å². The van der Waals surface area contributed by atoms with Gasteiger partial charge in [0.25, 0.3) is 0 Å². The SMILES string of the molecule is Cc1cc(Br)ccc1NCc1ccc(Br)c(Br)c1. The number of nitrogens with one attached hydrogen (secondary N) is 1. The van der Waals surface area contributed by atoms with Gasteiger partial charge in [-0.05, 0) is 80.2 Å². The van der Waals surface area contributed by atoms with E-state index in [1.54, 1.807) is 0 Å². The van der Waals surface area contributed by atoms with Gasteiger partial charge in [-0.2, -0.15) is 0 Å². The number of hydrogen-bond acceptors (Lipinski definition) is 1. The van der Waals surface area contributed by atoms with Gasteiger partial charge >= 0.3 is 0 Å². The first-order chi connectivity index (χ1) is 8.56. The van der Waals surface area contributed by atoms with Crippen LogP contribution in [0.25, 0.3) is 0 Å². The molecule has 1 nitrogen and oxygen atoms in total. The summed E-state index contributed by atoms with van der Waals surface area (Å²) < 4.78 is 3.26. The lowest BCUT2D eigenvalue weighted by atomic mass is 10.2. The Labute approximate surface area is 132 Å². The van der Waals surface area contributed by atoms with Gasteiger partial charge in [0, 0.05) is 25.7 Å². The molecule has 2 aromatic rings. The van der Waals surface area contributed by atoms with Crippen molar-refractivity contribution in [1.29, 1.82) is 0 Å². The minimum atomic E-state index is 0.814. The predicted molar refractivity (Wildman–Crippen MR) is 88.0 cm³/mol. The summed E-state index contributed by atoms with van der Waals surface area (Å²) in [6, 6.07) is 12.5. The van der Waals surface area contributed by atoms with E-state index in [0.717, 1.165) is 25.7 Å². The molecule has 0 aliphatic carbocycles. The van der Waals surface area contributed by atoms with Crippen molar-refractivity contribution < 1.29 is 0 Å². The second kappa shape index (κ2) is 6.22. The van der Waals surface area contributed by atoms with Gasteiger partial charge in [-0.3, -0.25) is 0 Å². The third kappa shape index (κ3) is 3.59. The Hall–Kier alpha value is -0.320. The van der Waals surface area contributed by atoms with Gasteiger partial charge in [-0.15, -0.1) is 0 Å². The molecule has 2 aromatic carbocycles. The van der Waals surface area contributed by atoms with Crippen molar-refractivity contribution >= 4 is 53.5 Å². The molecule has 1 N–H and O–H groups in total. The van der Waals surface area contributed by atoms with Crippen molar-refractivity contribution in [3.63, 3.8) is 0 Å². The Morgan fingerprint density at radius 1 is 0.944 bits per heavy atom. The van der Waals surface area contributed by atoms with Crippen molar-refractivity contribution in [3.8, 4) is 0 Å². The largest absolute Gasteiger partial charge is 0.381 e. The Kier molecular flexibility index (Phi) is 4.87. The number of aryl methyl sites for hydroxylation is 1. The quantitative estimate of drug-likeness (QED) is 0.635. The van der Waals surface area contributed by atoms with Gasteiger partial charge in [0.05, 0.1) is 0 Å². The number of halogens is 3. The van der Waals surface area contributed by atoms with E-state index in [1.807, 2.05) is 6.07 Å². The second-order valence-electron chi connectivity index (χ2n) is 4.06. The summed E-state index contributed by atoms with van der Waals surface area (Å²) >= 11 is 10.5. The van der Waals surface area contributed by atoms with E-state index in [-0.39, 0.29) is 0 Å². The fourth-order valence-corrected chi connectivity index (χ4v) is 2.82. The summed E-state index contributed by atoms with van der Waals surface area (Å²) in [5.74, 6) is 0. The third-order valence-electron chi connectivity index (χ3n) is 2.66. The van der Waals surface area contributed by atoms with Crippen LogP contribution in [0.3, 0.4) is 0 Å². The zero-order valence-corrected chi connectivity index (χ0v) is 14.6. The minimum absolute atomic E-state index is 0.814. The van der Waals surface area contributed by atoms with Crippen LogP contribution in [0, 0.1) is 6.92 Å². The molecule has 0 atom stereocenters. The van der Waals surface area contributed by atoms with Gasteiger partial charge < -0.3 is 5.32 Å². The summed E-state index contributed by atoms with van der Waals surface area (Å²) in [5.41, 5.74) is 3.64. The molecule has 0 aliphatic rings. The van der Waals surface area contributed by atoms with Crippen LogP contribution in [-0.2, 0) is 6.54 Å². The number of benzene rings is 2. The Morgan fingerprint density at radius 3 is 2.39 bits per heavy atom. The molecule has 0 bridgehead atoms. The van der Waals surface area contributed by atoms with Gasteiger partial charge in [0.15, 0.2) is 0 Å². The van der Waals surface area contributed by atoms with Gasteiger partial charge in [0.1, 0.15) is 0 Å². The van der Waals surface area contributed by atoms with E-state index in [1.165, 1.54) is 11.1 Å². The topological polar surface area (TPSA) is 12.0 Å². The first kappa shape index (κ1) is 14.1. The molecule has 0 unspecified atom stereocenters. The second-order valence-corrected chi connectivity index (χ2v) is 6.69. The molecule has 0 spiro atoms. The maximum absolute atomic E-state index is 3.52. The fourth-order valence-electron chi connectivity index (χ4n) is 1.67. The number of rotatable bonds is 3. The first-order valence-corrected chi connectivity index (χ1v) is 7.88.